The van der Waals surface area contributed by atoms with Crippen LogP contribution in [0.1, 0.15) is 32.3 Å². The van der Waals surface area contributed by atoms with Gasteiger partial charge in [0.25, 0.3) is 0 Å². The average Bonchev–Trinajstić information content (AvgIpc) is 2.55. The van der Waals surface area contributed by atoms with Crippen molar-refractivity contribution in [3.8, 4) is 0 Å². The van der Waals surface area contributed by atoms with Gasteiger partial charge >= 0.3 is 0 Å². The minimum atomic E-state index is -0.184. The summed E-state index contributed by atoms with van der Waals surface area (Å²) in [7, 11) is 0. The molecule has 0 amide bonds. The zero-order chi connectivity index (χ0) is 16.5. The second-order valence-corrected chi connectivity index (χ2v) is 5.76. The second-order valence-electron chi connectivity index (χ2n) is 5.76. The summed E-state index contributed by atoms with van der Waals surface area (Å²) in [5.74, 6) is 0.773. The quantitative estimate of drug-likeness (QED) is 0.411. The van der Waals surface area contributed by atoms with Crippen LogP contribution in [-0.4, -0.2) is 49.7 Å². The van der Waals surface area contributed by atoms with Gasteiger partial charge in [0.1, 0.15) is 5.82 Å². The molecule has 0 aliphatic carbocycles. The van der Waals surface area contributed by atoms with Crippen molar-refractivity contribution in [1.82, 2.24) is 10.2 Å². The van der Waals surface area contributed by atoms with Gasteiger partial charge in [-0.05, 0) is 50.8 Å². The molecule has 1 aliphatic heterocycles. The van der Waals surface area contributed by atoms with Gasteiger partial charge in [-0.3, -0.25) is 4.99 Å². The largest absolute Gasteiger partial charge is 0.378 e. The molecule has 0 saturated carbocycles. The van der Waals surface area contributed by atoms with Crippen LogP contribution in [0.15, 0.2) is 29.3 Å². The number of rotatable bonds is 6. The summed E-state index contributed by atoms with van der Waals surface area (Å²) < 4.78 is 18.9. The highest BCUT2D eigenvalue weighted by Crippen LogP contribution is 2.14. The number of hydrogen-bond acceptors (Lipinski definition) is 2. The molecule has 1 fully saturated rings. The van der Waals surface area contributed by atoms with E-state index in [2.05, 4.69) is 17.1 Å². The van der Waals surface area contributed by atoms with Gasteiger partial charge in [0.2, 0.25) is 0 Å². The van der Waals surface area contributed by atoms with E-state index in [1.165, 1.54) is 6.07 Å². The van der Waals surface area contributed by atoms with E-state index in [0.29, 0.717) is 12.6 Å². The number of likely N-dealkylation sites (tertiary alicyclic amines) is 1. The van der Waals surface area contributed by atoms with Gasteiger partial charge in [-0.15, -0.1) is 24.0 Å². The van der Waals surface area contributed by atoms with E-state index in [0.717, 1.165) is 57.0 Å². The van der Waals surface area contributed by atoms with Gasteiger partial charge in [-0.2, -0.15) is 0 Å². The Labute approximate surface area is 161 Å². The van der Waals surface area contributed by atoms with E-state index in [4.69, 9.17) is 9.73 Å². The fraction of sp³-hybridized carbons (Fsp3) is 0.611. The van der Waals surface area contributed by atoms with Crippen LogP contribution in [-0.2, 0) is 11.2 Å². The fourth-order valence-corrected chi connectivity index (χ4v) is 2.88. The van der Waals surface area contributed by atoms with Crippen LogP contribution < -0.4 is 5.32 Å². The highest BCUT2D eigenvalue weighted by molar-refractivity contribution is 14.0. The highest BCUT2D eigenvalue weighted by atomic mass is 127. The number of ether oxygens (including phenoxy) is 1. The molecule has 0 unspecified atom stereocenters. The summed E-state index contributed by atoms with van der Waals surface area (Å²) in [6.45, 7) is 8.36. The summed E-state index contributed by atoms with van der Waals surface area (Å²) in [6.07, 6.45) is 3.22. The molecule has 1 heterocycles. The van der Waals surface area contributed by atoms with Crippen LogP contribution in [0.4, 0.5) is 4.39 Å². The smallest absolute Gasteiger partial charge is 0.193 e. The van der Waals surface area contributed by atoms with E-state index >= 15 is 0 Å². The SMILES string of the molecule is CCNC(=NCCc1cccc(F)c1)N1CCC(OCC)CC1.I. The molecule has 4 nitrogen and oxygen atoms in total. The van der Waals surface area contributed by atoms with Gasteiger partial charge in [0.05, 0.1) is 6.10 Å². The van der Waals surface area contributed by atoms with Crippen molar-refractivity contribution < 1.29 is 9.13 Å². The molecule has 6 heteroatoms. The molecular weight excluding hydrogens is 420 g/mol. The van der Waals surface area contributed by atoms with Crippen molar-refractivity contribution in [2.75, 3.05) is 32.8 Å². The molecule has 0 atom stereocenters. The first kappa shape index (κ1) is 21.2. The molecule has 1 N–H and O–H groups in total. The molecule has 1 aromatic rings. The van der Waals surface area contributed by atoms with E-state index in [1.54, 1.807) is 12.1 Å². The van der Waals surface area contributed by atoms with Gasteiger partial charge in [-0.25, -0.2) is 4.39 Å². The second kappa shape index (κ2) is 11.6. The number of hydrogen-bond donors (Lipinski definition) is 1. The normalized spacial score (nSPS) is 16.0. The third kappa shape index (κ3) is 6.93. The standard InChI is InChI=1S/C18H28FN3O.HI/c1-3-20-18(22-12-9-17(10-13-22)23-4-2)21-11-8-15-6-5-7-16(19)14-15;/h5-7,14,17H,3-4,8-13H2,1-2H3,(H,20,21);1H. The first-order valence-corrected chi connectivity index (χ1v) is 8.62. The van der Waals surface area contributed by atoms with Crippen molar-refractivity contribution in [3.63, 3.8) is 0 Å². The Hall–Kier alpha value is -0.890. The fourth-order valence-electron chi connectivity index (χ4n) is 2.88. The zero-order valence-corrected chi connectivity index (χ0v) is 17.0. The first-order valence-electron chi connectivity index (χ1n) is 8.62. The summed E-state index contributed by atoms with van der Waals surface area (Å²) in [4.78, 5) is 7.00. The Balaban J connectivity index is 0.00000288. The number of guanidine groups is 1. The number of halogens is 2. The van der Waals surface area contributed by atoms with Crippen LogP contribution in [0.5, 0.6) is 0 Å². The predicted molar refractivity (Wildman–Crippen MR) is 108 cm³/mol. The van der Waals surface area contributed by atoms with Gasteiger partial charge < -0.3 is 15.0 Å². The lowest BCUT2D eigenvalue weighted by Gasteiger charge is -2.34. The van der Waals surface area contributed by atoms with Crippen molar-refractivity contribution in [2.45, 2.75) is 39.2 Å². The number of nitrogens with zero attached hydrogens (tertiary/aromatic N) is 2. The Kier molecular flexibility index (Phi) is 10.2. The molecule has 1 aromatic carbocycles. The monoisotopic (exact) mass is 449 g/mol. The Bertz CT molecular complexity index is 505. The van der Waals surface area contributed by atoms with Crippen LogP contribution in [0.3, 0.4) is 0 Å². The first-order chi connectivity index (χ1) is 11.2. The Morgan fingerprint density at radius 2 is 2.08 bits per heavy atom. The molecule has 0 bridgehead atoms. The van der Waals surface area contributed by atoms with E-state index < -0.39 is 0 Å². The molecule has 1 saturated heterocycles. The van der Waals surface area contributed by atoms with E-state index in [1.807, 2.05) is 13.0 Å². The van der Waals surface area contributed by atoms with Gasteiger partial charge in [0, 0.05) is 32.8 Å². The highest BCUT2D eigenvalue weighted by Gasteiger charge is 2.21. The van der Waals surface area contributed by atoms with Gasteiger partial charge in [0.15, 0.2) is 5.96 Å². The zero-order valence-electron chi connectivity index (χ0n) is 14.6. The third-order valence-electron chi connectivity index (χ3n) is 4.03. The number of piperidine rings is 1. The summed E-state index contributed by atoms with van der Waals surface area (Å²) in [6, 6.07) is 6.74. The number of benzene rings is 1. The average molecular weight is 449 g/mol. The maximum absolute atomic E-state index is 13.2. The summed E-state index contributed by atoms with van der Waals surface area (Å²) >= 11 is 0. The summed E-state index contributed by atoms with van der Waals surface area (Å²) in [5, 5.41) is 3.36. The molecule has 1 aliphatic rings. The van der Waals surface area contributed by atoms with Crippen LogP contribution in [0, 0.1) is 5.82 Å². The number of nitrogens with one attached hydrogen (secondary N) is 1. The molecular formula is C18H29FIN3O. The summed E-state index contributed by atoms with van der Waals surface area (Å²) in [5.41, 5.74) is 0.986. The maximum atomic E-state index is 13.2. The molecule has 24 heavy (non-hydrogen) atoms. The Morgan fingerprint density at radius 1 is 1.33 bits per heavy atom. The minimum absolute atomic E-state index is 0. The van der Waals surface area contributed by atoms with Gasteiger partial charge in [-0.1, -0.05) is 12.1 Å². The molecule has 0 radical (unpaired) electrons. The number of aliphatic imine (C=N–C) groups is 1. The maximum Gasteiger partial charge on any atom is 0.193 e. The molecule has 136 valence electrons. The van der Waals surface area contributed by atoms with Crippen molar-refractivity contribution in [2.24, 2.45) is 4.99 Å². The minimum Gasteiger partial charge on any atom is -0.378 e. The lowest BCUT2D eigenvalue weighted by molar-refractivity contribution is 0.0264. The van der Waals surface area contributed by atoms with Crippen molar-refractivity contribution in [1.29, 1.82) is 0 Å². The molecule has 0 spiro atoms. The van der Waals surface area contributed by atoms with E-state index in [-0.39, 0.29) is 29.8 Å². The van der Waals surface area contributed by atoms with E-state index in [9.17, 15) is 4.39 Å². The third-order valence-corrected chi connectivity index (χ3v) is 4.03. The predicted octanol–water partition coefficient (Wildman–Crippen LogP) is 3.45. The Morgan fingerprint density at radius 3 is 2.71 bits per heavy atom. The lowest BCUT2D eigenvalue weighted by atomic mass is 10.1. The van der Waals surface area contributed by atoms with Crippen molar-refractivity contribution >= 4 is 29.9 Å². The van der Waals surface area contributed by atoms with Crippen LogP contribution in [0.25, 0.3) is 0 Å². The topological polar surface area (TPSA) is 36.9 Å². The van der Waals surface area contributed by atoms with Crippen LogP contribution in [0.2, 0.25) is 0 Å². The lowest BCUT2D eigenvalue weighted by Crippen LogP contribution is -2.47. The molecule has 2 rings (SSSR count). The molecule has 0 aromatic heterocycles. The van der Waals surface area contributed by atoms with Crippen molar-refractivity contribution in [3.05, 3.63) is 35.6 Å². The van der Waals surface area contributed by atoms with Crippen LogP contribution >= 0.6 is 24.0 Å².